The van der Waals surface area contributed by atoms with Crippen molar-refractivity contribution in [3.8, 4) is 0 Å². The standard InChI is InChI=1S/C15H25N3O4/c1-9(2)7-18-11(4)12(10(3)17-18)6-14(19)16-13(8-22-5)15(20)21/h9,13H,6-8H2,1-5H3,(H,16,19)(H,20,21). The van der Waals surface area contributed by atoms with Crippen molar-refractivity contribution < 1.29 is 19.4 Å². The zero-order valence-electron chi connectivity index (χ0n) is 13.8. The molecule has 7 nitrogen and oxygen atoms in total. The number of aromatic nitrogens is 2. The van der Waals surface area contributed by atoms with Crippen molar-refractivity contribution in [2.75, 3.05) is 13.7 Å². The average molecular weight is 311 g/mol. The molecule has 0 aliphatic rings. The molecule has 124 valence electrons. The quantitative estimate of drug-likeness (QED) is 0.744. The molecule has 7 heteroatoms. The van der Waals surface area contributed by atoms with Crippen LogP contribution in [0.15, 0.2) is 0 Å². The van der Waals surface area contributed by atoms with Gasteiger partial charge in [-0.05, 0) is 19.8 Å². The highest BCUT2D eigenvalue weighted by Gasteiger charge is 2.22. The molecule has 1 unspecified atom stereocenters. The van der Waals surface area contributed by atoms with Gasteiger partial charge in [0.05, 0.1) is 18.7 Å². The van der Waals surface area contributed by atoms with Gasteiger partial charge in [0, 0.05) is 24.9 Å². The molecule has 0 aromatic carbocycles. The number of hydrogen-bond donors (Lipinski definition) is 2. The van der Waals surface area contributed by atoms with E-state index in [1.807, 2.05) is 18.5 Å². The average Bonchev–Trinajstić information content (AvgIpc) is 2.65. The molecule has 1 aromatic heterocycles. The Labute approximate surface area is 130 Å². The number of amides is 1. The van der Waals surface area contributed by atoms with E-state index in [0.717, 1.165) is 23.5 Å². The molecule has 0 bridgehead atoms. The molecule has 0 fully saturated rings. The Balaban J connectivity index is 2.79. The van der Waals surface area contributed by atoms with Crippen LogP contribution in [-0.4, -0.2) is 46.5 Å². The van der Waals surface area contributed by atoms with E-state index in [-0.39, 0.29) is 18.9 Å². The van der Waals surface area contributed by atoms with Gasteiger partial charge in [0.15, 0.2) is 6.04 Å². The van der Waals surface area contributed by atoms with Crippen LogP contribution in [0, 0.1) is 19.8 Å². The molecule has 2 N–H and O–H groups in total. The van der Waals surface area contributed by atoms with E-state index in [9.17, 15) is 9.59 Å². The summed E-state index contributed by atoms with van der Waals surface area (Å²) in [6, 6.07) is -1.04. The van der Waals surface area contributed by atoms with Crippen LogP contribution in [0.5, 0.6) is 0 Å². The molecule has 0 spiro atoms. The summed E-state index contributed by atoms with van der Waals surface area (Å²) in [6.45, 7) is 8.71. The lowest BCUT2D eigenvalue weighted by atomic mass is 10.1. The van der Waals surface area contributed by atoms with Gasteiger partial charge in [-0.1, -0.05) is 13.8 Å². The molecule has 0 radical (unpaired) electrons. The molecule has 0 aliphatic heterocycles. The van der Waals surface area contributed by atoms with Crippen molar-refractivity contribution in [2.45, 2.75) is 46.7 Å². The minimum atomic E-state index is -1.11. The van der Waals surface area contributed by atoms with Crippen LogP contribution in [-0.2, 0) is 27.3 Å². The highest BCUT2D eigenvalue weighted by atomic mass is 16.5. The van der Waals surface area contributed by atoms with Gasteiger partial charge < -0.3 is 15.2 Å². The first kappa shape index (κ1) is 18.2. The summed E-state index contributed by atoms with van der Waals surface area (Å²) in [5.41, 5.74) is 2.59. The number of ether oxygens (including phenoxy) is 1. The van der Waals surface area contributed by atoms with Gasteiger partial charge in [0.25, 0.3) is 0 Å². The lowest BCUT2D eigenvalue weighted by molar-refractivity contribution is -0.143. The van der Waals surface area contributed by atoms with E-state index in [2.05, 4.69) is 24.3 Å². The smallest absolute Gasteiger partial charge is 0.328 e. The van der Waals surface area contributed by atoms with Crippen LogP contribution < -0.4 is 5.32 Å². The van der Waals surface area contributed by atoms with E-state index < -0.39 is 12.0 Å². The Kier molecular flexibility index (Phi) is 6.55. The second-order valence-electron chi connectivity index (χ2n) is 5.82. The van der Waals surface area contributed by atoms with Crippen molar-refractivity contribution in [3.63, 3.8) is 0 Å². The summed E-state index contributed by atoms with van der Waals surface area (Å²) in [5, 5.41) is 15.9. The second-order valence-corrected chi connectivity index (χ2v) is 5.82. The summed E-state index contributed by atoms with van der Waals surface area (Å²) >= 11 is 0. The first-order chi connectivity index (χ1) is 10.3. The lowest BCUT2D eigenvalue weighted by Crippen LogP contribution is -2.44. The SMILES string of the molecule is COCC(NC(=O)Cc1c(C)nn(CC(C)C)c1C)C(=O)O. The maximum absolute atomic E-state index is 12.1. The van der Waals surface area contributed by atoms with Crippen LogP contribution in [0.2, 0.25) is 0 Å². The van der Waals surface area contributed by atoms with Gasteiger partial charge in [-0.3, -0.25) is 9.48 Å². The predicted octanol–water partition coefficient (Wildman–Crippen LogP) is 0.914. The predicted molar refractivity (Wildman–Crippen MR) is 81.7 cm³/mol. The third-order valence-electron chi connectivity index (χ3n) is 3.37. The number of rotatable bonds is 8. The van der Waals surface area contributed by atoms with Crippen LogP contribution in [0.25, 0.3) is 0 Å². The fraction of sp³-hybridized carbons (Fsp3) is 0.667. The largest absolute Gasteiger partial charge is 0.480 e. The van der Waals surface area contributed by atoms with Gasteiger partial charge >= 0.3 is 5.97 Å². The van der Waals surface area contributed by atoms with Crippen molar-refractivity contribution in [1.82, 2.24) is 15.1 Å². The highest BCUT2D eigenvalue weighted by molar-refractivity contribution is 5.85. The number of nitrogens with zero attached hydrogens (tertiary/aromatic N) is 2. The topological polar surface area (TPSA) is 93.5 Å². The number of aliphatic carboxylic acids is 1. The number of aryl methyl sites for hydroxylation is 1. The maximum Gasteiger partial charge on any atom is 0.328 e. The molecule has 1 amide bonds. The van der Waals surface area contributed by atoms with Crippen LogP contribution in [0.4, 0.5) is 0 Å². The van der Waals surface area contributed by atoms with Gasteiger partial charge in [0.2, 0.25) is 5.91 Å². The van der Waals surface area contributed by atoms with E-state index >= 15 is 0 Å². The summed E-state index contributed by atoms with van der Waals surface area (Å²) in [6.07, 6.45) is 0.114. The number of carboxylic acid groups (broad SMARTS) is 1. The highest BCUT2D eigenvalue weighted by Crippen LogP contribution is 2.15. The Hall–Kier alpha value is -1.89. The zero-order chi connectivity index (χ0) is 16.9. The molecule has 1 heterocycles. The first-order valence-corrected chi connectivity index (χ1v) is 7.30. The monoisotopic (exact) mass is 311 g/mol. The van der Waals surface area contributed by atoms with Crippen LogP contribution in [0.1, 0.15) is 30.8 Å². The Morgan fingerprint density at radius 2 is 2.00 bits per heavy atom. The van der Waals surface area contributed by atoms with Gasteiger partial charge in [-0.15, -0.1) is 0 Å². The van der Waals surface area contributed by atoms with E-state index in [1.54, 1.807) is 0 Å². The number of nitrogens with one attached hydrogen (secondary N) is 1. The summed E-state index contributed by atoms with van der Waals surface area (Å²) in [4.78, 5) is 23.1. The Morgan fingerprint density at radius 1 is 1.36 bits per heavy atom. The molecule has 0 saturated heterocycles. The van der Waals surface area contributed by atoms with Crippen molar-refractivity contribution in [1.29, 1.82) is 0 Å². The molecule has 1 rings (SSSR count). The minimum Gasteiger partial charge on any atom is -0.480 e. The number of methoxy groups -OCH3 is 1. The Bertz CT molecular complexity index is 537. The van der Waals surface area contributed by atoms with Gasteiger partial charge in [-0.2, -0.15) is 5.10 Å². The molecule has 0 aliphatic carbocycles. The van der Waals surface area contributed by atoms with Gasteiger partial charge in [0.1, 0.15) is 0 Å². The second kappa shape index (κ2) is 7.93. The number of carbonyl (C=O) groups is 2. The van der Waals surface area contributed by atoms with E-state index in [1.165, 1.54) is 7.11 Å². The Morgan fingerprint density at radius 3 is 2.50 bits per heavy atom. The fourth-order valence-corrected chi connectivity index (χ4v) is 2.26. The normalized spacial score (nSPS) is 12.5. The summed E-state index contributed by atoms with van der Waals surface area (Å²) in [7, 11) is 1.40. The molecule has 0 saturated carbocycles. The summed E-state index contributed by atoms with van der Waals surface area (Å²) in [5.74, 6) is -1.00. The summed E-state index contributed by atoms with van der Waals surface area (Å²) < 4.78 is 6.69. The van der Waals surface area contributed by atoms with Gasteiger partial charge in [-0.25, -0.2) is 4.79 Å². The number of hydrogen-bond acceptors (Lipinski definition) is 4. The fourth-order valence-electron chi connectivity index (χ4n) is 2.26. The lowest BCUT2D eigenvalue weighted by Gasteiger charge is -2.13. The molecule has 22 heavy (non-hydrogen) atoms. The maximum atomic E-state index is 12.1. The molecular weight excluding hydrogens is 286 g/mol. The third-order valence-corrected chi connectivity index (χ3v) is 3.37. The van der Waals surface area contributed by atoms with Crippen molar-refractivity contribution >= 4 is 11.9 Å². The zero-order valence-corrected chi connectivity index (χ0v) is 13.8. The molecular formula is C15H25N3O4. The van der Waals surface area contributed by atoms with Crippen molar-refractivity contribution in [2.24, 2.45) is 5.92 Å². The van der Waals surface area contributed by atoms with E-state index in [0.29, 0.717) is 5.92 Å². The van der Waals surface area contributed by atoms with Crippen LogP contribution in [0.3, 0.4) is 0 Å². The van der Waals surface area contributed by atoms with E-state index in [4.69, 9.17) is 9.84 Å². The number of carbonyl (C=O) groups excluding carboxylic acids is 1. The van der Waals surface area contributed by atoms with Crippen molar-refractivity contribution in [3.05, 3.63) is 17.0 Å². The molecule has 1 aromatic rings. The first-order valence-electron chi connectivity index (χ1n) is 7.30. The number of carboxylic acids is 1. The third kappa shape index (κ3) is 4.84. The van der Waals surface area contributed by atoms with Crippen LogP contribution >= 0.6 is 0 Å². The minimum absolute atomic E-state index is 0.0638. The molecule has 1 atom stereocenters.